The Kier molecular flexibility index (Phi) is 7.56. The number of methoxy groups -OCH3 is 3. The second-order valence-corrected chi connectivity index (χ2v) is 6.48. The molecule has 0 radical (unpaired) electrons. The molecular weight excluding hydrogens is 410 g/mol. The molecule has 0 saturated heterocycles. The van der Waals surface area contributed by atoms with E-state index in [2.05, 4.69) is 22.0 Å². The fourth-order valence-corrected chi connectivity index (χ4v) is 3.09. The molecule has 0 atom stereocenters. The zero-order chi connectivity index (χ0) is 19.8. The van der Waals surface area contributed by atoms with E-state index < -0.39 is 0 Å². The standard InChI is InChI=1S/C21H22BrNO4/c1-5-8-27-21-17(22)10-14(11-20(21)26-4)9-16(13-23)15-6-7-18(24-2)19(12-15)25-3/h6-7,9-12H,5,8H2,1-4H3/b16-9+. The number of halogens is 1. The van der Waals surface area contributed by atoms with Gasteiger partial charge in [0, 0.05) is 0 Å². The summed E-state index contributed by atoms with van der Waals surface area (Å²) in [6.07, 6.45) is 2.69. The lowest BCUT2D eigenvalue weighted by Crippen LogP contribution is -1.99. The van der Waals surface area contributed by atoms with Gasteiger partial charge in [0.05, 0.1) is 44.1 Å². The molecule has 2 aromatic rings. The molecule has 0 aliphatic heterocycles. The Morgan fingerprint density at radius 1 is 1.04 bits per heavy atom. The van der Waals surface area contributed by atoms with Gasteiger partial charge in [0.1, 0.15) is 0 Å². The van der Waals surface area contributed by atoms with Crippen LogP contribution in [0, 0.1) is 11.3 Å². The van der Waals surface area contributed by atoms with Gasteiger partial charge in [0.15, 0.2) is 23.0 Å². The van der Waals surface area contributed by atoms with Crippen molar-refractivity contribution in [3.8, 4) is 29.1 Å². The maximum absolute atomic E-state index is 9.64. The molecule has 2 aromatic carbocycles. The van der Waals surface area contributed by atoms with Gasteiger partial charge in [0.25, 0.3) is 0 Å². The Morgan fingerprint density at radius 3 is 2.33 bits per heavy atom. The molecule has 0 aromatic heterocycles. The van der Waals surface area contributed by atoms with E-state index in [0.29, 0.717) is 35.2 Å². The van der Waals surface area contributed by atoms with E-state index in [4.69, 9.17) is 18.9 Å². The Balaban J connectivity index is 2.46. The maximum atomic E-state index is 9.64. The first-order chi connectivity index (χ1) is 13.1. The van der Waals surface area contributed by atoms with E-state index in [1.54, 1.807) is 39.5 Å². The minimum atomic E-state index is 0.493. The van der Waals surface area contributed by atoms with Crippen LogP contribution in [0.3, 0.4) is 0 Å². The summed E-state index contributed by atoms with van der Waals surface area (Å²) in [6.45, 7) is 2.64. The normalized spacial score (nSPS) is 10.9. The Hall–Kier alpha value is -2.65. The van der Waals surface area contributed by atoms with Crippen molar-refractivity contribution in [2.45, 2.75) is 13.3 Å². The highest BCUT2D eigenvalue weighted by molar-refractivity contribution is 9.10. The Labute approximate surface area is 168 Å². The fourth-order valence-electron chi connectivity index (χ4n) is 2.52. The summed E-state index contributed by atoms with van der Waals surface area (Å²) < 4.78 is 22.5. The minimum absolute atomic E-state index is 0.493. The van der Waals surface area contributed by atoms with Gasteiger partial charge >= 0.3 is 0 Å². The first-order valence-electron chi connectivity index (χ1n) is 8.42. The molecule has 0 fully saturated rings. The lowest BCUT2D eigenvalue weighted by atomic mass is 10.0. The van der Waals surface area contributed by atoms with E-state index in [9.17, 15) is 5.26 Å². The highest BCUT2D eigenvalue weighted by Crippen LogP contribution is 2.38. The molecule has 0 amide bonds. The topological polar surface area (TPSA) is 60.7 Å². The van der Waals surface area contributed by atoms with Crippen LogP contribution >= 0.6 is 15.9 Å². The van der Waals surface area contributed by atoms with Gasteiger partial charge in [-0.05, 0) is 69.9 Å². The summed E-state index contributed by atoms with van der Waals surface area (Å²) >= 11 is 3.53. The molecule has 0 bridgehead atoms. The van der Waals surface area contributed by atoms with Crippen LogP contribution in [0.4, 0.5) is 0 Å². The van der Waals surface area contributed by atoms with Crippen molar-refractivity contribution in [1.29, 1.82) is 5.26 Å². The lowest BCUT2D eigenvalue weighted by molar-refractivity contribution is 0.292. The first-order valence-corrected chi connectivity index (χ1v) is 9.21. The van der Waals surface area contributed by atoms with Crippen LogP contribution in [0.1, 0.15) is 24.5 Å². The zero-order valence-corrected chi connectivity index (χ0v) is 17.4. The van der Waals surface area contributed by atoms with Gasteiger partial charge in [-0.2, -0.15) is 5.26 Å². The molecule has 142 valence electrons. The third kappa shape index (κ3) is 4.95. The number of allylic oxidation sites excluding steroid dienone is 1. The van der Waals surface area contributed by atoms with Gasteiger partial charge in [-0.25, -0.2) is 0 Å². The molecule has 0 N–H and O–H groups in total. The van der Waals surface area contributed by atoms with Gasteiger partial charge in [0.2, 0.25) is 0 Å². The van der Waals surface area contributed by atoms with Crippen molar-refractivity contribution in [3.63, 3.8) is 0 Å². The SMILES string of the molecule is CCCOc1c(Br)cc(/C=C(\C#N)c2ccc(OC)c(OC)c2)cc1OC. The average Bonchev–Trinajstić information content (AvgIpc) is 2.70. The Morgan fingerprint density at radius 2 is 1.74 bits per heavy atom. The fraction of sp³-hybridized carbons (Fsp3) is 0.286. The van der Waals surface area contributed by atoms with E-state index in [0.717, 1.165) is 22.0 Å². The van der Waals surface area contributed by atoms with Crippen molar-refractivity contribution in [1.82, 2.24) is 0 Å². The monoisotopic (exact) mass is 431 g/mol. The summed E-state index contributed by atoms with van der Waals surface area (Å²) in [5.74, 6) is 2.44. The second kappa shape index (κ2) is 9.89. The molecule has 0 unspecified atom stereocenters. The van der Waals surface area contributed by atoms with Crippen LogP contribution in [-0.4, -0.2) is 27.9 Å². The van der Waals surface area contributed by atoms with Crippen LogP contribution in [-0.2, 0) is 0 Å². The molecule has 0 saturated carbocycles. The van der Waals surface area contributed by atoms with Crippen LogP contribution in [0.25, 0.3) is 11.6 Å². The van der Waals surface area contributed by atoms with E-state index in [1.807, 2.05) is 25.1 Å². The molecule has 6 heteroatoms. The molecule has 0 aliphatic rings. The summed E-state index contributed by atoms with van der Waals surface area (Å²) in [7, 11) is 4.73. The van der Waals surface area contributed by atoms with Gasteiger partial charge < -0.3 is 18.9 Å². The molecule has 27 heavy (non-hydrogen) atoms. The van der Waals surface area contributed by atoms with Crippen molar-refractivity contribution in [2.24, 2.45) is 0 Å². The van der Waals surface area contributed by atoms with E-state index in [1.165, 1.54) is 0 Å². The summed E-state index contributed by atoms with van der Waals surface area (Å²) in [5, 5.41) is 9.64. The van der Waals surface area contributed by atoms with Gasteiger partial charge in [-0.3, -0.25) is 0 Å². The predicted octanol–water partition coefficient (Wildman–Crippen LogP) is 5.33. The summed E-state index contributed by atoms with van der Waals surface area (Å²) in [4.78, 5) is 0. The lowest BCUT2D eigenvalue weighted by Gasteiger charge is -2.13. The Bertz CT molecular complexity index is 871. The number of hydrogen-bond donors (Lipinski definition) is 0. The van der Waals surface area contributed by atoms with Crippen LogP contribution < -0.4 is 18.9 Å². The van der Waals surface area contributed by atoms with Crippen molar-refractivity contribution in [3.05, 3.63) is 45.9 Å². The minimum Gasteiger partial charge on any atom is -0.493 e. The smallest absolute Gasteiger partial charge is 0.175 e. The largest absolute Gasteiger partial charge is 0.493 e. The molecule has 0 heterocycles. The highest BCUT2D eigenvalue weighted by atomic mass is 79.9. The maximum Gasteiger partial charge on any atom is 0.175 e. The number of ether oxygens (including phenoxy) is 4. The van der Waals surface area contributed by atoms with Crippen molar-refractivity contribution >= 4 is 27.6 Å². The molecular formula is C21H22BrNO4. The molecule has 5 nitrogen and oxygen atoms in total. The third-order valence-corrected chi connectivity index (χ3v) is 4.42. The number of hydrogen-bond acceptors (Lipinski definition) is 5. The molecule has 2 rings (SSSR count). The molecule has 0 spiro atoms. The predicted molar refractivity (Wildman–Crippen MR) is 110 cm³/mol. The summed E-state index contributed by atoms with van der Waals surface area (Å²) in [5.41, 5.74) is 2.04. The first kappa shape index (κ1) is 20.7. The number of benzene rings is 2. The van der Waals surface area contributed by atoms with Crippen molar-refractivity contribution in [2.75, 3.05) is 27.9 Å². The zero-order valence-electron chi connectivity index (χ0n) is 15.8. The van der Waals surface area contributed by atoms with Crippen molar-refractivity contribution < 1.29 is 18.9 Å². The average molecular weight is 432 g/mol. The van der Waals surface area contributed by atoms with Gasteiger partial charge in [-0.15, -0.1) is 0 Å². The van der Waals surface area contributed by atoms with Crippen LogP contribution in [0.2, 0.25) is 0 Å². The van der Waals surface area contributed by atoms with Crippen LogP contribution in [0.15, 0.2) is 34.8 Å². The van der Waals surface area contributed by atoms with E-state index in [-0.39, 0.29) is 0 Å². The quantitative estimate of drug-likeness (QED) is 0.417. The van der Waals surface area contributed by atoms with Gasteiger partial charge in [-0.1, -0.05) is 6.92 Å². The number of nitriles is 1. The summed E-state index contributed by atoms with van der Waals surface area (Å²) in [6, 6.07) is 11.3. The van der Waals surface area contributed by atoms with E-state index >= 15 is 0 Å². The van der Waals surface area contributed by atoms with Crippen LogP contribution in [0.5, 0.6) is 23.0 Å². The number of rotatable bonds is 8. The number of nitrogens with zero attached hydrogens (tertiary/aromatic N) is 1. The molecule has 0 aliphatic carbocycles. The highest BCUT2D eigenvalue weighted by Gasteiger charge is 2.13. The second-order valence-electron chi connectivity index (χ2n) is 5.62. The third-order valence-electron chi connectivity index (χ3n) is 3.83.